The van der Waals surface area contributed by atoms with Crippen LogP contribution in [0.25, 0.3) is 22.9 Å². The number of benzene rings is 4. The maximum absolute atomic E-state index is 5.73. The van der Waals surface area contributed by atoms with Crippen molar-refractivity contribution in [2.45, 2.75) is 6.42 Å². The second-order valence-electron chi connectivity index (χ2n) is 7.32. The van der Waals surface area contributed by atoms with Crippen LogP contribution in [0.15, 0.2) is 78.9 Å². The normalized spacial score (nSPS) is 11.1. The molecule has 0 amide bonds. The van der Waals surface area contributed by atoms with Crippen molar-refractivity contribution in [1.82, 2.24) is 0 Å². The first-order chi connectivity index (χ1) is 15.2. The van der Waals surface area contributed by atoms with Gasteiger partial charge in [0.1, 0.15) is 17.2 Å². The lowest BCUT2D eigenvalue weighted by Crippen LogP contribution is -1.99. The van der Waals surface area contributed by atoms with Gasteiger partial charge in [0, 0.05) is 18.1 Å². The number of hydrogen-bond acceptors (Lipinski definition) is 3. The molecule has 31 heavy (non-hydrogen) atoms. The van der Waals surface area contributed by atoms with Crippen LogP contribution in [0.2, 0.25) is 0 Å². The third kappa shape index (κ3) is 4.56. The van der Waals surface area contributed by atoms with Gasteiger partial charge in [-0.1, -0.05) is 66.7 Å². The summed E-state index contributed by atoms with van der Waals surface area (Å²) in [6.45, 7) is 0. The van der Waals surface area contributed by atoms with Gasteiger partial charge in [0.15, 0.2) is 0 Å². The molecule has 0 aliphatic heterocycles. The van der Waals surface area contributed by atoms with Crippen molar-refractivity contribution in [3.63, 3.8) is 0 Å². The van der Waals surface area contributed by atoms with Crippen molar-refractivity contribution in [3.8, 4) is 17.2 Å². The van der Waals surface area contributed by atoms with Crippen LogP contribution in [-0.4, -0.2) is 21.3 Å². The van der Waals surface area contributed by atoms with Crippen LogP contribution < -0.4 is 14.2 Å². The molecule has 0 aromatic heterocycles. The van der Waals surface area contributed by atoms with Gasteiger partial charge in [-0.3, -0.25) is 0 Å². The van der Waals surface area contributed by atoms with Gasteiger partial charge in [0.2, 0.25) is 0 Å². The summed E-state index contributed by atoms with van der Waals surface area (Å²) in [5, 5.41) is 2.46. The summed E-state index contributed by atoms with van der Waals surface area (Å²) in [5.74, 6) is 2.43. The Balaban J connectivity index is 1.76. The van der Waals surface area contributed by atoms with Gasteiger partial charge in [-0.05, 0) is 45.7 Å². The molecular weight excluding hydrogens is 384 g/mol. The van der Waals surface area contributed by atoms with E-state index in [0.717, 1.165) is 34.8 Å². The summed E-state index contributed by atoms with van der Waals surface area (Å²) in [5.41, 5.74) is 4.55. The number of methoxy groups -OCH3 is 3. The Kier molecular flexibility index (Phi) is 6.23. The third-order valence-electron chi connectivity index (χ3n) is 5.48. The van der Waals surface area contributed by atoms with E-state index in [4.69, 9.17) is 14.2 Å². The predicted molar refractivity (Wildman–Crippen MR) is 128 cm³/mol. The van der Waals surface area contributed by atoms with Gasteiger partial charge < -0.3 is 14.2 Å². The zero-order chi connectivity index (χ0) is 21.6. The van der Waals surface area contributed by atoms with Crippen molar-refractivity contribution >= 4 is 22.9 Å². The zero-order valence-corrected chi connectivity index (χ0v) is 18.1. The first kappa shape index (κ1) is 20.5. The minimum atomic E-state index is 0.742. The van der Waals surface area contributed by atoms with Crippen molar-refractivity contribution < 1.29 is 14.2 Å². The lowest BCUT2D eigenvalue weighted by Gasteiger charge is -2.15. The summed E-state index contributed by atoms with van der Waals surface area (Å²) in [6, 6.07) is 26.9. The fraction of sp³-hybridized carbons (Fsp3) is 0.143. The molecule has 0 fully saturated rings. The standard InChI is InChI=1S/C28H26O3/c1-29-24-15-11-20(12-16-24)17-27-23(18-25(30-2)19-28(27)31-3)14-13-22-9-6-8-21-7-4-5-10-26(21)22/h4-16,18-19H,17H2,1-3H3/b14-13+. The molecule has 0 aliphatic rings. The van der Waals surface area contributed by atoms with Gasteiger partial charge in [-0.25, -0.2) is 0 Å². The van der Waals surface area contributed by atoms with E-state index in [1.54, 1.807) is 21.3 Å². The topological polar surface area (TPSA) is 27.7 Å². The van der Waals surface area contributed by atoms with E-state index in [0.29, 0.717) is 0 Å². The molecule has 156 valence electrons. The average molecular weight is 411 g/mol. The Morgan fingerprint density at radius 3 is 2.10 bits per heavy atom. The monoisotopic (exact) mass is 410 g/mol. The number of rotatable bonds is 7. The molecule has 0 spiro atoms. The van der Waals surface area contributed by atoms with Crippen molar-refractivity contribution in [2.75, 3.05) is 21.3 Å². The maximum Gasteiger partial charge on any atom is 0.126 e. The van der Waals surface area contributed by atoms with Crippen LogP contribution in [0.4, 0.5) is 0 Å². The SMILES string of the molecule is COc1ccc(Cc2c(/C=C/c3cccc4ccccc34)cc(OC)cc2OC)cc1. The fourth-order valence-electron chi connectivity index (χ4n) is 3.80. The van der Waals surface area contributed by atoms with Crippen molar-refractivity contribution in [1.29, 1.82) is 0 Å². The molecule has 3 heteroatoms. The first-order valence-electron chi connectivity index (χ1n) is 10.3. The van der Waals surface area contributed by atoms with E-state index in [-0.39, 0.29) is 0 Å². The van der Waals surface area contributed by atoms with E-state index in [1.165, 1.54) is 21.9 Å². The fourth-order valence-corrected chi connectivity index (χ4v) is 3.80. The van der Waals surface area contributed by atoms with E-state index in [2.05, 4.69) is 72.8 Å². The van der Waals surface area contributed by atoms with Crippen LogP contribution in [0.5, 0.6) is 17.2 Å². The molecule has 0 unspecified atom stereocenters. The van der Waals surface area contributed by atoms with Crippen LogP contribution in [0.1, 0.15) is 22.3 Å². The highest BCUT2D eigenvalue weighted by Crippen LogP contribution is 2.33. The molecular formula is C28H26O3. The summed E-state index contributed by atoms with van der Waals surface area (Å²) in [6.07, 6.45) is 5.05. The molecule has 4 rings (SSSR count). The lowest BCUT2D eigenvalue weighted by molar-refractivity contribution is 0.391. The number of fused-ring (bicyclic) bond motifs is 1. The maximum atomic E-state index is 5.73. The van der Waals surface area contributed by atoms with Gasteiger partial charge in [-0.15, -0.1) is 0 Å². The molecule has 0 saturated carbocycles. The second kappa shape index (κ2) is 9.40. The Hall–Kier alpha value is -3.72. The summed E-state index contributed by atoms with van der Waals surface area (Å²) in [4.78, 5) is 0. The molecule has 0 heterocycles. The van der Waals surface area contributed by atoms with Crippen molar-refractivity contribution in [3.05, 3.63) is 101 Å². The quantitative estimate of drug-likeness (QED) is 0.320. The number of ether oxygens (including phenoxy) is 3. The Labute approximate surface area is 183 Å². The van der Waals surface area contributed by atoms with Gasteiger partial charge in [-0.2, -0.15) is 0 Å². The third-order valence-corrected chi connectivity index (χ3v) is 5.48. The highest BCUT2D eigenvalue weighted by Gasteiger charge is 2.12. The molecule has 0 N–H and O–H groups in total. The Morgan fingerprint density at radius 2 is 1.35 bits per heavy atom. The largest absolute Gasteiger partial charge is 0.497 e. The van der Waals surface area contributed by atoms with Crippen LogP contribution in [0.3, 0.4) is 0 Å². The highest BCUT2D eigenvalue weighted by molar-refractivity contribution is 5.93. The van der Waals surface area contributed by atoms with Crippen LogP contribution >= 0.6 is 0 Å². The summed E-state index contributed by atoms with van der Waals surface area (Å²) >= 11 is 0. The Morgan fingerprint density at radius 1 is 0.645 bits per heavy atom. The summed E-state index contributed by atoms with van der Waals surface area (Å²) in [7, 11) is 5.05. The highest BCUT2D eigenvalue weighted by atomic mass is 16.5. The van der Waals surface area contributed by atoms with E-state index < -0.39 is 0 Å². The van der Waals surface area contributed by atoms with E-state index in [1.807, 2.05) is 18.2 Å². The molecule has 3 nitrogen and oxygen atoms in total. The van der Waals surface area contributed by atoms with Crippen LogP contribution in [0, 0.1) is 0 Å². The average Bonchev–Trinajstić information content (AvgIpc) is 2.83. The molecule has 0 aliphatic carbocycles. The van der Waals surface area contributed by atoms with Crippen molar-refractivity contribution in [2.24, 2.45) is 0 Å². The van der Waals surface area contributed by atoms with Gasteiger partial charge >= 0.3 is 0 Å². The van der Waals surface area contributed by atoms with E-state index >= 15 is 0 Å². The zero-order valence-electron chi connectivity index (χ0n) is 18.1. The lowest BCUT2D eigenvalue weighted by atomic mass is 9.96. The number of hydrogen-bond donors (Lipinski definition) is 0. The van der Waals surface area contributed by atoms with E-state index in [9.17, 15) is 0 Å². The molecule has 0 bridgehead atoms. The minimum Gasteiger partial charge on any atom is -0.497 e. The molecule has 4 aromatic rings. The predicted octanol–water partition coefficient (Wildman–Crippen LogP) is 6.63. The molecule has 0 saturated heterocycles. The first-order valence-corrected chi connectivity index (χ1v) is 10.3. The molecule has 4 aromatic carbocycles. The second-order valence-corrected chi connectivity index (χ2v) is 7.32. The van der Waals surface area contributed by atoms with Gasteiger partial charge in [0.05, 0.1) is 21.3 Å². The van der Waals surface area contributed by atoms with Gasteiger partial charge in [0.25, 0.3) is 0 Å². The molecule has 0 radical (unpaired) electrons. The smallest absolute Gasteiger partial charge is 0.126 e. The Bertz CT molecular complexity index is 1200. The van der Waals surface area contributed by atoms with Crippen LogP contribution in [-0.2, 0) is 6.42 Å². The summed E-state index contributed by atoms with van der Waals surface area (Å²) < 4.78 is 16.5. The molecule has 0 atom stereocenters. The minimum absolute atomic E-state index is 0.742.